The molecule has 0 fully saturated rings. The van der Waals surface area contributed by atoms with Gasteiger partial charge < -0.3 is 0 Å². The van der Waals surface area contributed by atoms with Crippen LogP contribution in [-0.2, 0) is 42.3 Å². The fourth-order valence-corrected chi connectivity index (χ4v) is 12.6. The summed E-state index contributed by atoms with van der Waals surface area (Å²) in [6.07, 6.45) is 0. The van der Waals surface area contributed by atoms with E-state index in [1.807, 2.05) is 6.07 Å². The number of hydrogen-bond donors (Lipinski definition) is 3. The summed E-state index contributed by atoms with van der Waals surface area (Å²) in [5.74, 6) is 1.32. The van der Waals surface area contributed by atoms with E-state index in [0.29, 0.717) is 34.1 Å². The van der Waals surface area contributed by atoms with Crippen LogP contribution < -0.4 is 5.30 Å². The van der Waals surface area contributed by atoms with Crippen molar-refractivity contribution in [1.29, 1.82) is 0 Å². The molecule has 0 unspecified atom stereocenters. The van der Waals surface area contributed by atoms with Gasteiger partial charge in [0.15, 0.2) is 5.30 Å². The van der Waals surface area contributed by atoms with Crippen LogP contribution in [0.3, 0.4) is 0 Å². The summed E-state index contributed by atoms with van der Waals surface area (Å²) in [7, 11) is -9.27. The summed E-state index contributed by atoms with van der Waals surface area (Å²) in [4.78, 5) is 36.4. The van der Waals surface area contributed by atoms with E-state index in [1.165, 1.54) is 28.8 Å². The average molecular weight is 1060 g/mol. The molecule has 7 heteroatoms. The van der Waals surface area contributed by atoms with Crippen LogP contribution in [0.4, 0.5) is 0 Å². The maximum atomic E-state index is 15.9. The first-order valence-electron chi connectivity index (χ1n) is 27.9. The lowest BCUT2D eigenvalue weighted by molar-refractivity contribution is 0.347. The topological polar surface area (TPSA) is 94.8 Å². The van der Waals surface area contributed by atoms with Gasteiger partial charge >= 0.3 is 7.94 Å². The Balaban J connectivity index is 2.08. The highest BCUT2D eigenvalue weighted by atomic mass is 32.2. The summed E-state index contributed by atoms with van der Waals surface area (Å²) in [5.41, 5.74) is 6.62. The van der Waals surface area contributed by atoms with Gasteiger partial charge in [-0.25, -0.2) is 8.42 Å². The monoisotopic (exact) mass is 1060 g/mol. The number of rotatable bonds is 17. The lowest BCUT2D eigenvalue weighted by Crippen LogP contribution is -2.29. The van der Waals surface area contributed by atoms with Crippen LogP contribution >= 0.6 is 7.94 Å². The molecule has 0 aliphatic carbocycles. The maximum Gasteiger partial charge on any atom is 0.441 e. The van der Waals surface area contributed by atoms with E-state index in [-0.39, 0.29) is 60.4 Å². The molecule has 0 radical (unpaired) electrons. The van der Waals surface area contributed by atoms with E-state index in [9.17, 15) is 14.7 Å². The van der Waals surface area contributed by atoms with E-state index < -0.39 is 28.6 Å². The fraction of sp³-hybridized carbons (Fsp3) is 0.529. The van der Waals surface area contributed by atoms with Crippen LogP contribution in [0.25, 0.3) is 43.8 Å². The normalized spacial score (nSPS) is 14.1. The lowest BCUT2D eigenvalue weighted by Gasteiger charge is -2.38. The van der Waals surface area contributed by atoms with Crippen molar-refractivity contribution in [2.45, 2.75) is 208 Å². The van der Waals surface area contributed by atoms with Crippen LogP contribution in [0.1, 0.15) is 200 Å². The Hall–Kier alpha value is -3.90. The molecule has 0 heterocycles. The van der Waals surface area contributed by atoms with Crippen molar-refractivity contribution < 1.29 is 23.1 Å². The Morgan fingerprint density at radius 3 is 1.05 bits per heavy atom. The Morgan fingerprint density at radius 1 is 0.387 bits per heavy atom. The highest BCUT2D eigenvalue weighted by Gasteiger charge is 2.45. The molecule has 0 saturated heterocycles. The van der Waals surface area contributed by atoms with Gasteiger partial charge in [-0.15, -0.1) is 0 Å². The Bertz CT molecular complexity index is 3210. The summed E-state index contributed by atoms with van der Waals surface area (Å²) < 4.78 is 31.9. The Kier molecular flexibility index (Phi) is 16.4. The van der Waals surface area contributed by atoms with Crippen molar-refractivity contribution >= 4 is 44.6 Å². The molecule has 0 spiro atoms. The molecule has 0 bridgehead atoms. The van der Waals surface area contributed by atoms with E-state index in [0.717, 1.165) is 38.2 Å². The predicted octanol–water partition coefficient (Wildman–Crippen LogP) is 18.1. The van der Waals surface area contributed by atoms with Crippen LogP contribution in [0.5, 0.6) is 0 Å². The molecule has 5 nitrogen and oxygen atoms in total. The summed E-state index contributed by atoms with van der Waals surface area (Å²) in [6, 6.07) is 30.1. The highest BCUT2D eigenvalue weighted by Crippen LogP contribution is 2.56. The zero-order valence-electron chi connectivity index (χ0n) is 50.6. The molecule has 6 aromatic rings. The van der Waals surface area contributed by atoms with Gasteiger partial charge in [-0.2, -0.15) is 14.7 Å². The SMILES string of the molecule is CC(C)C(C)(C)c1cc(C(C)(C)C(C)C)c2cc(-c3c([P+](O)(O)O)ccc(S(=O)(=O)c4ccccc4)c3-c3cc4c(C(C)(C)C(C)C)cc(C(C)(C)C(C)C)cc4cc3C(C)(C)C(C)C)c(C(C)(C)C(C)C)cc2c1. The zero-order chi connectivity index (χ0) is 56.9. The molecule has 75 heavy (non-hydrogen) atoms. The minimum absolute atomic E-state index is 0.0356. The van der Waals surface area contributed by atoms with Gasteiger partial charge in [0.05, 0.1) is 9.79 Å². The molecule has 6 aromatic carbocycles. The minimum Gasteiger partial charge on any atom is -0.218 e. The minimum atomic E-state index is -4.92. The van der Waals surface area contributed by atoms with Crippen molar-refractivity contribution in [3.05, 3.63) is 124 Å². The van der Waals surface area contributed by atoms with E-state index >= 15 is 8.42 Å². The molecule has 0 aliphatic rings. The van der Waals surface area contributed by atoms with Crippen molar-refractivity contribution in [2.75, 3.05) is 0 Å². The molecule has 408 valence electrons. The second-order valence-electron chi connectivity index (χ2n) is 27.8. The number of fused-ring (bicyclic) bond motifs is 2. The second kappa shape index (κ2) is 20.4. The van der Waals surface area contributed by atoms with Gasteiger partial charge in [0, 0.05) is 11.1 Å². The molecule has 0 atom stereocenters. The summed E-state index contributed by atoms with van der Waals surface area (Å²) in [6.45, 7) is 54.5. The number of sulfone groups is 1. The van der Waals surface area contributed by atoms with Gasteiger partial charge in [-0.3, -0.25) is 0 Å². The number of hydrogen-bond acceptors (Lipinski definition) is 5. The molecular formula is C68H96O5PS+. The van der Waals surface area contributed by atoms with E-state index in [4.69, 9.17) is 0 Å². The smallest absolute Gasteiger partial charge is 0.218 e. The van der Waals surface area contributed by atoms with Gasteiger partial charge in [0.2, 0.25) is 9.84 Å². The first-order valence-corrected chi connectivity index (χ1v) is 31.0. The van der Waals surface area contributed by atoms with Gasteiger partial charge in [-0.1, -0.05) is 209 Å². The first-order chi connectivity index (χ1) is 34.1. The first kappa shape index (κ1) is 60.3. The van der Waals surface area contributed by atoms with Crippen LogP contribution in [0.2, 0.25) is 0 Å². The zero-order valence-corrected chi connectivity index (χ0v) is 52.3. The van der Waals surface area contributed by atoms with Crippen molar-refractivity contribution in [2.24, 2.45) is 35.5 Å². The summed E-state index contributed by atoms with van der Waals surface area (Å²) >= 11 is 0. The fourth-order valence-electron chi connectivity index (χ4n) is 10.3. The summed E-state index contributed by atoms with van der Waals surface area (Å²) in [5, 5.41) is 4.07. The second-order valence-corrected chi connectivity index (χ2v) is 31.3. The molecule has 6 rings (SSSR count). The molecule has 0 amide bonds. The van der Waals surface area contributed by atoms with Crippen molar-refractivity contribution in [3.63, 3.8) is 0 Å². The predicted molar refractivity (Wildman–Crippen MR) is 325 cm³/mol. The molecular weight excluding hydrogens is 960 g/mol. The van der Waals surface area contributed by atoms with E-state index in [1.54, 1.807) is 24.3 Å². The highest BCUT2D eigenvalue weighted by molar-refractivity contribution is 7.91. The van der Waals surface area contributed by atoms with Crippen LogP contribution in [-0.4, -0.2) is 23.1 Å². The third-order valence-electron chi connectivity index (χ3n) is 20.5. The molecule has 0 saturated carbocycles. The maximum absolute atomic E-state index is 15.9. The van der Waals surface area contributed by atoms with Gasteiger partial charge in [-0.05, 0) is 183 Å². The Morgan fingerprint density at radius 2 is 0.720 bits per heavy atom. The van der Waals surface area contributed by atoms with Gasteiger partial charge in [0.25, 0.3) is 0 Å². The van der Waals surface area contributed by atoms with Gasteiger partial charge in [0.1, 0.15) is 0 Å². The largest absolute Gasteiger partial charge is 0.441 e. The number of benzene rings is 6. The van der Waals surface area contributed by atoms with Crippen LogP contribution in [0, 0.1) is 35.5 Å². The third kappa shape index (κ3) is 10.6. The third-order valence-corrected chi connectivity index (χ3v) is 23.3. The Labute approximate surface area is 455 Å². The van der Waals surface area contributed by atoms with E-state index in [2.05, 4.69) is 215 Å². The van der Waals surface area contributed by atoms with Crippen molar-refractivity contribution in [3.8, 4) is 22.3 Å². The standard InChI is InChI=1S/C68H96O5PS/c1-40(2)63(13,14)48-32-46-34-55(65(17,18)42(5)6)53(38-51(46)57(36-48)67(21,22)44(9)10)61-59(74(69,70)71)30-31-60(75(72,73)50-28-26-25-27-29-50)62(61)54-39-52-47(35-56(54)66(19,20)43(7)8)33-49(64(15,16)41(3)4)37-58(52)68(23,24)45(11)12/h25-45,69-71H,1-24H3/q+1. The quantitative estimate of drug-likeness (QED) is 0.0791. The molecule has 3 N–H and O–H groups in total. The van der Waals surface area contributed by atoms with Crippen LogP contribution in [0.15, 0.2) is 101 Å². The molecule has 0 aromatic heterocycles. The van der Waals surface area contributed by atoms with Crippen molar-refractivity contribution in [1.82, 2.24) is 0 Å². The lowest BCUT2D eigenvalue weighted by atomic mass is 9.66. The molecule has 0 aliphatic heterocycles. The average Bonchev–Trinajstić information content (AvgIpc) is 3.31.